The van der Waals surface area contributed by atoms with Gasteiger partial charge in [-0.05, 0) is 24.5 Å². The molecule has 19 heavy (non-hydrogen) atoms. The van der Waals surface area contributed by atoms with Gasteiger partial charge in [-0.15, -0.1) is 11.6 Å². The first-order chi connectivity index (χ1) is 8.91. The summed E-state index contributed by atoms with van der Waals surface area (Å²) >= 11 is 5.53. The first-order valence-corrected chi connectivity index (χ1v) is 6.17. The molecule has 1 amide bonds. The van der Waals surface area contributed by atoms with Crippen molar-refractivity contribution in [3.8, 4) is 0 Å². The van der Waals surface area contributed by atoms with Crippen LogP contribution >= 0.6 is 11.6 Å². The van der Waals surface area contributed by atoms with E-state index in [1.807, 2.05) is 5.43 Å². The first-order valence-electron chi connectivity index (χ1n) is 5.64. The van der Waals surface area contributed by atoms with Crippen molar-refractivity contribution in [3.63, 3.8) is 0 Å². The maximum atomic E-state index is 12.9. The number of carbonyl (C=O) groups excluding carboxylic acids is 1. The van der Waals surface area contributed by atoms with Gasteiger partial charge < -0.3 is 0 Å². The number of nitrogens with two attached hydrogens (primary N) is 1. The van der Waals surface area contributed by atoms with E-state index < -0.39 is 23.6 Å². The van der Waals surface area contributed by atoms with Gasteiger partial charge in [-0.1, -0.05) is 18.2 Å². The summed E-state index contributed by atoms with van der Waals surface area (Å²) in [5.41, 5.74) is 1.00. The summed E-state index contributed by atoms with van der Waals surface area (Å²) in [5.74, 6) is 3.69. The Labute approximate surface area is 113 Å². The number of carbonyl (C=O) groups is 1. The molecule has 0 aliphatic carbocycles. The van der Waals surface area contributed by atoms with E-state index in [0.717, 1.165) is 6.07 Å². The van der Waals surface area contributed by atoms with Crippen molar-refractivity contribution in [3.05, 3.63) is 35.4 Å². The van der Waals surface area contributed by atoms with Crippen LogP contribution < -0.4 is 11.3 Å². The highest BCUT2D eigenvalue weighted by molar-refractivity contribution is 6.17. The number of benzene rings is 1. The Bertz CT molecular complexity index is 437. The van der Waals surface area contributed by atoms with Gasteiger partial charge in [0.25, 0.3) is 0 Å². The summed E-state index contributed by atoms with van der Waals surface area (Å²) in [5, 5.41) is 0. The predicted molar refractivity (Wildman–Crippen MR) is 66.5 cm³/mol. The van der Waals surface area contributed by atoms with Gasteiger partial charge in [0.2, 0.25) is 5.91 Å². The lowest BCUT2D eigenvalue weighted by molar-refractivity contribution is -0.138. The summed E-state index contributed by atoms with van der Waals surface area (Å²) < 4.78 is 38.7. The number of amides is 1. The molecule has 0 unspecified atom stereocenters. The van der Waals surface area contributed by atoms with Crippen LogP contribution in [0.25, 0.3) is 0 Å². The third-order valence-corrected chi connectivity index (χ3v) is 2.99. The Morgan fingerprint density at radius 2 is 2.00 bits per heavy atom. The van der Waals surface area contributed by atoms with E-state index in [9.17, 15) is 18.0 Å². The zero-order valence-electron chi connectivity index (χ0n) is 10.0. The maximum Gasteiger partial charge on any atom is 0.416 e. The number of alkyl halides is 4. The Balaban J connectivity index is 3.18. The minimum atomic E-state index is -4.51. The van der Waals surface area contributed by atoms with E-state index in [1.165, 1.54) is 18.2 Å². The van der Waals surface area contributed by atoms with Crippen LogP contribution in [0.4, 0.5) is 13.2 Å². The molecule has 3 N–H and O–H groups in total. The third kappa shape index (κ3) is 4.11. The Morgan fingerprint density at radius 3 is 2.53 bits per heavy atom. The number of hydrogen-bond donors (Lipinski definition) is 2. The topological polar surface area (TPSA) is 55.1 Å². The van der Waals surface area contributed by atoms with E-state index in [-0.39, 0.29) is 17.9 Å². The molecule has 0 heterocycles. The number of nitrogens with one attached hydrogen (secondary N) is 1. The number of hydrazine groups is 1. The van der Waals surface area contributed by atoms with Crippen LogP contribution in [0.15, 0.2) is 24.3 Å². The molecule has 0 fully saturated rings. The highest BCUT2D eigenvalue weighted by atomic mass is 35.5. The van der Waals surface area contributed by atoms with Crippen LogP contribution in [0.5, 0.6) is 0 Å². The summed E-state index contributed by atoms with van der Waals surface area (Å²) in [7, 11) is 0. The average Bonchev–Trinajstić information content (AvgIpc) is 2.38. The fourth-order valence-corrected chi connectivity index (χ4v) is 2.02. The van der Waals surface area contributed by atoms with E-state index in [4.69, 9.17) is 17.4 Å². The van der Waals surface area contributed by atoms with E-state index in [1.54, 1.807) is 0 Å². The molecule has 0 saturated heterocycles. The van der Waals surface area contributed by atoms with Crippen molar-refractivity contribution in [1.82, 2.24) is 5.43 Å². The number of halogens is 4. The minimum Gasteiger partial charge on any atom is -0.294 e. The fraction of sp³-hybridized carbons (Fsp3) is 0.417. The quantitative estimate of drug-likeness (QED) is 0.380. The normalized spacial score (nSPS) is 13.1. The SMILES string of the molecule is NNC(=O)[C@@H](CCCCl)c1ccccc1C(F)(F)F. The van der Waals surface area contributed by atoms with Gasteiger partial charge in [0.05, 0.1) is 11.5 Å². The fourth-order valence-electron chi connectivity index (χ4n) is 1.87. The van der Waals surface area contributed by atoms with Crippen LogP contribution in [-0.4, -0.2) is 11.8 Å². The molecule has 0 bridgehead atoms. The van der Waals surface area contributed by atoms with Crippen molar-refractivity contribution in [1.29, 1.82) is 0 Å². The molecule has 1 atom stereocenters. The van der Waals surface area contributed by atoms with Gasteiger partial charge >= 0.3 is 6.18 Å². The van der Waals surface area contributed by atoms with Crippen molar-refractivity contribution in [2.24, 2.45) is 5.84 Å². The van der Waals surface area contributed by atoms with Crippen LogP contribution in [0.2, 0.25) is 0 Å². The Morgan fingerprint density at radius 1 is 1.37 bits per heavy atom. The smallest absolute Gasteiger partial charge is 0.294 e. The highest BCUT2D eigenvalue weighted by Crippen LogP contribution is 2.36. The van der Waals surface area contributed by atoms with Crippen molar-refractivity contribution in [2.45, 2.75) is 24.9 Å². The zero-order chi connectivity index (χ0) is 14.5. The van der Waals surface area contributed by atoms with Gasteiger partial charge in [-0.3, -0.25) is 10.2 Å². The molecular weight excluding hydrogens is 281 g/mol. The van der Waals surface area contributed by atoms with E-state index >= 15 is 0 Å². The standard InChI is InChI=1S/C12H14ClF3N2O/c13-7-3-5-9(11(19)18-17)8-4-1-2-6-10(8)12(14,15)16/h1-2,4,6,9H,3,5,7,17H2,(H,18,19)/t9-/m0/s1. The monoisotopic (exact) mass is 294 g/mol. The molecule has 0 aliphatic heterocycles. The average molecular weight is 295 g/mol. The lowest BCUT2D eigenvalue weighted by Gasteiger charge is -2.20. The van der Waals surface area contributed by atoms with Crippen LogP contribution in [0, 0.1) is 0 Å². The first kappa shape index (κ1) is 15.8. The van der Waals surface area contributed by atoms with Crippen molar-refractivity contribution in [2.75, 3.05) is 5.88 Å². The molecule has 0 saturated carbocycles. The summed E-state index contributed by atoms with van der Waals surface area (Å²) in [6, 6.07) is 4.98. The molecule has 7 heteroatoms. The molecule has 1 rings (SSSR count). The second kappa shape index (κ2) is 6.77. The van der Waals surface area contributed by atoms with Crippen LogP contribution in [0.1, 0.15) is 29.9 Å². The largest absolute Gasteiger partial charge is 0.416 e. The molecule has 1 aromatic rings. The minimum absolute atomic E-state index is 0.0805. The second-order valence-electron chi connectivity index (χ2n) is 3.98. The van der Waals surface area contributed by atoms with Crippen molar-refractivity contribution < 1.29 is 18.0 Å². The van der Waals surface area contributed by atoms with Crippen molar-refractivity contribution >= 4 is 17.5 Å². The zero-order valence-corrected chi connectivity index (χ0v) is 10.8. The van der Waals surface area contributed by atoms with Crippen LogP contribution in [0.3, 0.4) is 0 Å². The molecule has 1 aromatic carbocycles. The van der Waals surface area contributed by atoms with Crippen LogP contribution in [-0.2, 0) is 11.0 Å². The molecule has 3 nitrogen and oxygen atoms in total. The van der Waals surface area contributed by atoms with E-state index in [0.29, 0.717) is 6.42 Å². The number of rotatable bonds is 5. The van der Waals surface area contributed by atoms with Gasteiger partial charge in [0.1, 0.15) is 0 Å². The maximum absolute atomic E-state index is 12.9. The molecule has 0 radical (unpaired) electrons. The Kier molecular flexibility index (Phi) is 5.62. The second-order valence-corrected chi connectivity index (χ2v) is 4.36. The van der Waals surface area contributed by atoms with Gasteiger partial charge in [-0.2, -0.15) is 13.2 Å². The predicted octanol–water partition coefficient (Wildman–Crippen LogP) is 2.80. The van der Waals surface area contributed by atoms with Gasteiger partial charge in [0.15, 0.2) is 0 Å². The molecule has 0 aromatic heterocycles. The third-order valence-electron chi connectivity index (χ3n) is 2.73. The molecule has 0 aliphatic rings. The lowest BCUT2D eigenvalue weighted by Crippen LogP contribution is -2.35. The highest BCUT2D eigenvalue weighted by Gasteiger charge is 2.36. The Hall–Kier alpha value is -1.27. The number of hydrogen-bond acceptors (Lipinski definition) is 2. The summed E-state index contributed by atoms with van der Waals surface area (Å²) in [6.07, 6.45) is -3.88. The summed E-state index contributed by atoms with van der Waals surface area (Å²) in [4.78, 5) is 11.7. The van der Waals surface area contributed by atoms with E-state index in [2.05, 4.69) is 0 Å². The molecule has 0 spiro atoms. The summed E-state index contributed by atoms with van der Waals surface area (Å²) in [6.45, 7) is 0. The van der Waals surface area contributed by atoms with Gasteiger partial charge in [0, 0.05) is 5.88 Å². The lowest BCUT2D eigenvalue weighted by atomic mass is 9.89. The van der Waals surface area contributed by atoms with Gasteiger partial charge in [-0.25, -0.2) is 5.84 Å². The molecular formula is C12H14ClF3N2O. The molecule has 106 valence electrons.